The van der Waals surface area contributed by atoms with E-state index >= 15 is 8.78 Å². The number of anilines is 1. The molecule has 2 aromatic heterocycles. The summed E-state index contributed by atoms with van der Waals surface area (Å²) in [4.78, 5) is 65.8. The molecule has 2 aromatic carbocycles. The number of aromatic nitrogens is 2. The number of hydrogen-bond donors (Lipinski definition) is 6. The van der Waals surface area contributed by atoms with E-state index in [0.717, 1.165) is 23.3 Å². The monoisotopic (exact) mass is 734 g/mol. The van der Waals surface area contributed by atoms with Crippen molar-refractivity contribution in [2.75, 3.05) is 11.9 Å². The summed E-state index contributed by atoms with van der Waals surface area (Å²) in [5.41, 5.74) is 5.64. The maximum Gasteiger partial charge on any atom is 0.405 e. The molecule has 0 fully saturated rings. The molecule has 0 bridgehead atoms. The van der Waals surface area contributed by atoms with E-state index in [-0.39, 0.29) is 67.1 Å². The molecular formula is C36H36F2N6O9. The van der Waals surface area contributed by atoms with Crippen molar-refractivity contribution < 1.29 is 47.6 Å². The van der Waals surface area contributed by atoms with Gasteiger partial charge in [-0.25, -0.2) is 28.1 Å². The first-order valence-corrected chi connectivity index (χ1v) is 16.8. The fraction of sp³-hybridized carbons (Fsp3) is 0.333. The first-order valence-electron chi connectivity index (χ1n) is 16.8. The number of ether oxygens (including phenoxy) is 2. The number of hydrogen-bond acceptors (Lipinski definition) is 9. The number of urea groups is 1. The molecule has 17 heteroatoms. The highest BCUT2D eigenvalue weighted by molar-refractivity contribution is 5.96. The number of rotatable bonds is 12. The number of carbonyl (C=O) groups is 4. The number of nitrogens with two attached hydrogens (primary N) is 1. The van der Waals surface area contributed by atoms with Gasteiger partial charge in [-0.2, -0.15) is 0 Å². The van der Waals surface area contributed by atoms with Gasteiger partial charge in [-0.15, -0.1) is 0 Å². The lowest BCUT2D eigenvalue weighted by Gasteiger charge is -2.31. The summed E-state index contributed by atoms with van der Waals surface area (Å²) in [6, 6.07) is 6.30. The molecule has 0 saturated heterocycles. The zero-order valence-corrected chi connectivity index (χ0v) is 28.7. The van der Waals surface area contributed by atoms with Crippen molar-refractivity contribution in [2.45, 2.75) is 70.9 Å². The lowest BCUT2D eigenvalue weighted by atomic mass is 9.86. The molecule has 7 N–H and O–H groups in total. The lowest BCUT2D eigenvalue weighted by Crippen LogP contribution is -2.44. The standard InChI is InChI=1S/C36H36F2N6O9/c1-3-19-20-12-18(52-16-23-25(37)10-17(11-26(23)38)41-31(45)28(43-35(49)50)6-5-9-40-34(39)48)7-8-27(20)42-30-21(19)14-44-29(30)13-24-22(32(44)46)15-53-33(47)36(24,51)4-2/h7-8,10-13,28,43,51H,3-6,9,14-16H2,1-2H3,(H,41,45)(H,49,50)(H3,39,40,48)/t28-,36-/m0/s1. The molecule has 4 heterocycles. The van der Waals surface area contributed by atoms with Crippen LogP contribution in [0.5, 0.6) is 5.75 Å². The van der Waals surface area contributed by atoms with Crippen LogP contribution in [-0.4, -0.2) is 56.4 Å². The van der Waals surface area contributed by atoms with Gasteiger partial charge in [0.15, 0.2) is 5.60 Å². The van der Waals surface area contributed by atoms with Crippen LogP contribution in [-0.2, 0) is 46.1 Å². The SMILES string of the molecule is CCc1c2c(nc3ccc(OCc4c(F)cc(NC(=O)[C@H](CCCNC(N)=O)NC(=O)O)cc4F)cc13)-c1cc3c(c(=O)n1C2)COC(=O)[C@]3(O)CC. The van der Waals surface area contributed by atoms with Crippen LogP contribution < -0.4 is 32.0 Å². The van der Waals surface area contributed by atoms with E-state index in [9.17, 15) is 29.1 Å². The predicted molar refractivity (Wildman–Crippen MR) is 185 cm³/mol. The number of nitrogens with zero attached hydrogens (tertiary/aromatic N) is 2. The second kappa shape index (κ2) is 14.5. The van der Waals surface area contributed by atoms with E-state index < -0.39 is 59.4 Å². The second-order valence-electron chi connectivity index (χ2n) is 12.7. The smallest absolute Gasteiger partial charge is 0.405 e. The molecule has 15 nitrogen and oxygen atoms in total. The maximum atomic E-state index is 15.2. The van der Waals surface area contributed by atoms with Gasteiger partial charge in [-0.05, 0) is 67.6 Å². The predicted octanol–water partition coefficient (Wildman–Crippen LogP) is 3.52. The highest BCUT2D eigenvalue weighted by Crippen LogP contribution is 2.41. The number of benzene rings is 2. The number of cyclic esters (lactones) is 1. The quantitative estimate of drug-likeness (QED) is 0.0808. The van der Waals surface area contributed by atoms with Crippen molar-refractivity contribution in [1.82, 2.24) is 20.2 Å². The summed E-state index contributed by atoms with van der Waals surface area (Å²) in [6.45, 7) is 3.09. The van der Waals surface area contributed by atoms with Crippen LogP contribution in [0.4, 0.5) is 24.1 Å². The van der Waals surface area contributed by atoms with Gasteiger partial charge in [-0.3, -0.25) is 9.59 Å². The highest BCUT2D eigenvalue weighted by atomic mass is 19.1. The number of halogens is 2. The molecule has 0 spiro atoms. The van der Waals surface area contributed by atoms with Gasteiger partial charge in [0, 0.05) is 28.7 Å². The molecule has 0 unspecified atom stereocenters. The van der Waals surface area contributed by atoms with E-state index in [1.165, 1.54) is 0 Å². The number of fused-ring (bicyclic) bond motifs is 5. The van der Waals surface area contributed by atoms with Crippen molar-refractivity contribution in [3.8, 4) is 17.1 Å². The maximum absolute atomic E-state index is 15.2. The average molecular weight is 735 g/mol. The Morgan fingerprint density at radius 2 is 1.83 bits per heavy atom. The van der Waals surface area contributed by atoms with E-state index in [1.807, 2.05) is 12.2 Å². The number of carboxylic acid groups (broad SMARTS) is 1. The number of pyridine rings is 2. The molecule has 0 aliphatic carbocycles. The third-order valence-electron chi connectivity index (χ3n) is 9.51. The Morgan fingerprint density at radius 3 is 2.49 bits per heavy atom. The molecule has 4 aromatic rings. The first-order chi connectivity index (χ1) is 25.2. The molecule has 4 amide bonds. The summed E-state index contributed by atoms with van der Waals surface area (Å²) in [5, 5.41) is 27.6. The summed E-state index contributed by atoms with van der Waals surface area (Å²) in [5.74, 6) is -3.43. The molecule has 0 saturated carbocycles. The van der Waals surface area contributed by atoms with Crippen molar-refractivity contribution in [3.05, 3.63) is 86.2 Å². The van der Waals surface area contributed by atoms with Gasteiger partial charge in [0.05, 0.1) is 34.6 Å². The van der Waals surface area contributed by atoms with E-state index in [1.54, 1.807) is 35.8 Å². The van der Waals surface area contributed by atoms with E-state index in [0.29, 0.717) is 28.7 Å². The van der Waals surface area contributed by atoms with Gasteiger partial charge in [0.1, 0.15) is 36.6 Å². The highest BCUT2D eigenvalue weighted by Gasteiger charge is 2.45. The van der Waals surface area contributed by atoms with Gasteiger partial charge >= 0.3 is 18.1 Å². The molecule has 2 aliphatic heterocycles. The minimum atomic E-state index is -1.95. The number of amides is 4. The number of carbonyl (C=O) groups excluding carboxylic acids is 3. The number of aliphatic hydroxyl groups is 1. The number of aryl methyl sites for hydroxylation is 1. The topological polar surface area (TPSA) is 224 Å². The molecule has 0 radical (unpaired) electrons. The van der Waals surface area contributed by atoms with Crippen LogP contribution in [0.1, 0.15) is 60.9 Å². The molecule has 53 heavy (non-hydrogen) atoms. The third-order valence-corrected chi connectivity index (χ3v) is 9.51. The fourth-order valence-electron chi connectivity index (χ4n) is 6.77. The minimum absolute atomic E-state index is 0.0179. The lowest BCUT2D eigenvalue weighted by molar-refractivity contribution is -0.172. The van der Waals surface area contributed by atoms with Crippen molar-refractivity contribution in [1.29, 1.82) is 0 Å². The Labute approximate surface area is 300 Å². The van der Waals surface area contributed by atoms with Crippen LogP contribution in [0, 0.1) is 11.6 Å². The van der Waals surface area contributed by atoms with Crippen LogP contribution in [0.25, 0.3) is 22.3 Å². The second-order valence-corrected chi connectivity index (χ2v) is 12.7. The van der Waals surface area contributed by atoms with Crippen molar-refractivity contribution in [2.24, 2.45) is 5.73 Å². The molecule has 278 valence electrons. The first kappa shape index (κ1) is 36.7. The van der Waals surface area contributed by atoms with Crippen molar-refractivity contribution >= 4 is 40.6 Å². The summed E-state index contributed by atoms with van der Waals surface area (Å²) >= 11 is 0. The van der Waals surface area contributed by atoms with Crippen LogP contribution in [0.2, 0.25) is 0 Å². The Hall–Kier alpha value is -6.10. The largest absolute Gasteiger partial charge is 0.489 e. The summed E-state index contributed by atoms with van der Waals surface area (Å²) in [7, 11) is 0. The van der Waals surface area contributed by atoms with Crippen molar-refractivity contribution in [3.63, 3.8) is 0 Å². The van der Waals surface area contributed by atoms with E-state index in [4.69, 9.17) is 25.3 Å². The van der Waals surface area contributed by atoms with Crippen LogP contribution in [0.3, 0.4) is 0 Å². The van der Waals surface area contributed by atoms with Gasteiger partial charge < -0.3 is 45.9 Å². The summed E-state index contributed by atoms with van der Waals surface area (Å²) in [6.07, 6.45) is -0.780. The van der Waals surface area contributed by atoms with Crippen LogP contribution in [0.15, 0.2) is 41.2 Å². The number of nitrogens with one attached hydrogen (secondary N) is 3. The molecule has 2 aliphatic rings. The molecular weight excluding hydrogens is 698 g/mol. The Morgan fingerprint density at radius 1 is 1.09 bits per heavy atom. The number of primary amides is 1. The van der Waals surface area contributed by atoms with Crippen LogP contribution >= 0.6 is 0 Å². The number of esters is 1. The Kier molecular flexibility index (Phi) is 10.0. The van der Waals surface area contributed by atoms with Gasteiger partial charge in [-0.1, -0.05) is 13.8 Å². The zero-order chi connectivity index (χ0) is 38.2. The summed E-state index contributed by atoms with van der Waals surface area (Å²) < 4.78 is 42.9. The van der Waals surface area contributed by atoms with E-state index in [2.05, 4.69) is 10.6 Å². The molecule has 2 atom stereocenters. The Balaban J connectivity index is 1.21. The normalized spacial score (nSPS) is 16.2. The third kappa shape index (κ3) is 6.94. The fourth-order valence-corrected chi connectivity index (χ4v) is 6.77. The average Bonchev–Trinajstić information content (AvgIpc) is 3.48. The Bertz CT molecular complexity index is 2220. The zero-order valence-electron chi connectivity index (χ0n) is 28.7. The van der Waals surface area contributed by atoms with Gasteiger partial charge in [0.25, 0.3) is 5.56 Å². The minimum Gasteiger partial charge on any atom is -0.489 e. The van der Waals surface area contributed by atoms with Gasteiger partial charge in [0.2, 0.25) is 5.91 Å². The molecule has 6 rings (SSSR count).